The number of rotatable bonds is 5. The average molecular weight is 314 g/mol. The van der Waals surface area contributed by atoms with Gasteiger partial charge >= 0.3 is 0 Å². The zero-order chi connectivity index (χ0) is 14.5. The summed E-state index contributed by atoms with van der Waals surface area (Å²) in [4.78, 5) is 0. The van der Waals surface area contributed by atoms with Gasteiger partial charge in [0, 0.05) is 23.2 Å². The molecule has 4 heteroatoms. The zero-order valence-electron chi connectivity index (χ0n) is 12.0. The predicted molar refractivity (Wildman–Crippen MR) is 85.8 cm³/mol. The van der Waals surface area contributed by atoms with Gasteiger partial charge in [0.25, 0.3) is 0 Å². The van der Waals surface area contributed by atoms with Crippen molar-refractivity contribution in [3.05, 3.63) is 39.9 Å². The lowest BCUT2D eigenvalue weighted by molar-refractivity contribution is 0.227. The molecule has 1 aliphatic rings. The molecule has 1 N–H and O–H groups in total. The van der Waals surface area contributed by atoms with E-state index in [2.05, 4.69) is 31.3 Å². The molecule has 2 nitrogen and oxygen atoms in total. The lowest BCUT2D eigenvalue weighted by Gasteiger charge is -2.22. The van der Waals surface area contributed by atoms with Crippen LogP contribution in [-0.2, 0) is 6.54 Å². The monoisotopic (exact) mass is 313 g/mol. The summed E-state index contributed by atoms with van der Waals surface area (Å²) >= 11 is 12.4. The van der Waals surface area contributed by atoms with E-state index in [4.69, 9.17) is 27.9 Å². The van der Waals surface area contributed by atoms with Crippen molar-refractivity contribution in [3.8, 4) is 5.75 Å². The molecule has 2 rings (SSSR count). The van der Waals surface area contributed by atoms with Crippen LogP contribution in [0.25, 0.3) is 0 Å². The third-order valence-electron chi connectivity index (χ3n) is 3.27. The minimum Gasteiger partial charge on any atom is -0.484 e. The van der Waals surface area contributed by atoms with Gasteiger partial charge in [0.05, 0.1) is 5.02 Å². The highest BCUT2D eigenvalue weighted by molar-refractivity contribution is 6.35. The number of allylic oxidation sites excluding steroid dienone is 1. The van der Waals surface area contributed by atoms with Crippen molar-refractivity contribution < 1.29 is 4.74 Å². The lowest BCUT2D eigenvalue weighted by Crippen LogP contribution is -2.23. The summed E-state index contributed by atoms with van der Waals surface area (Å²) in [6, 6.07) is 4.06. The van der Waals surface area contributed by atoms with E-state index in [1.165, 1.54) is 0 Å². The molecular formula is C16H21Cl2NO. The molecule has 0 heterocycles. The molecule has 0 radical (unpaired) electrons. The van der Waals surface area contributed by atoms with Crippen molar-refractivity contribution in [1.29, 1.82) is 0 Å². The summed E-state index contributed by atoms with van der Waals surface area (Å²) in [5.74, 6) is 0.751. The van der Waals surface area contributed by atoms with Gasteiger partial charge < -0.3 is 10.1 Å². The topological polar surface area (TPSA) is 21.3 Å². The Labute approximate surface area is 131 Å². The smallest absolute Gasteiger partial charge is 0.143 e. The van der Waals surface area contributed by atoms with E-state index in [0.717, 1.165) is 30.6 Å². The molecule has 110 valence electrons. The second-order valence-electron chi connectivity index (χ2n) is 5.43. The normalized spacial score (nSPS) is 18.6. The van der Waals surface area contributed by atoms with E-state index < -0.39 is 0 Å². The van der Waals surface area contributed by atoms with Gasteiger partial charge in [-0.2, -0.15) is 0 Å². The molecule has 20 heavy (non-hydrogen) atoms. The van der Waals surface area contributed by atoms with Crippen LogP contribution in [-0.4, -0.2) is 12.1 Å². The summed E-state index contributed by atoms with van der Waals surface area (Å²) in [6.07, 6.45) is 7.73. The van der Waals surface area contributed by atoms with Crippen molar-refractivity contribution in [3.63, 3.8) is 0 Å². The maximum Gasteiger partial charge on any atom is 0.143 e. The van der Waals surface area contributed by atoms with Gasteiger partial charge in [-0.3, -0.25) is 0 Å². The van der Waals surface area contributed by atoms with Crippen molar-refractivity contribution >= 4 is 23.2 Å². The second-order valence-corrected chi connectivity index (χ2v) is 6.27. The third-order valence-corrected chi connectivity index (χ3v) is 3.76. The van der Waals surface area contributed by atoms with Crippen LogP contribution in [0, 0.1) is 0 Å². The Morgan fingerprint density at radius 2 is 2.15 bits per heavy atom. The van der Waals surface area contributed by atoms with Crippen molar-refractivity contribution in [1.82, 2.24) is 5.32 Å². The maximum atomic E-state index is 6.31. The van der Waals surface area contributed by atoms with Gasteiger partial charge in [-0.25, -0.2) is 0 Å². The molecule has 0 aliphatic heterocycles. The molecule has 1 aliphatic carbocycles. The van der Waals surface area contributed by atoms with Crippen LogP contribution in [0.5, 0.6) is 5.75 Å². The maximum absolute atomic E-state index is 6.31. The Kier molecular flexibility index (Phi) is 5.76. The van der Waals surface area contributed by atoms with Crippen LogP contribution in [0.3, 0.4) is 0 Å². The molecule has 1 aromatic rings. The minimum atomic E-state index is 0.111. The van der Waals surface area contributed by atoms with Crippen LogP contribution in [0.2, 0.25) is 10.0 Å². The highest BCUT2D eigenvalue weighted by Crippen LogP contribution is 2.34. The van der Waals surface area contributed by atoms with Crippen molar-refractivity contribution in [2.75, 3.05) is 0 Å². The molecule has 0 amide bonds. The number of hydrogen-bond acceptors (Lipinski definition) is 2. The first-order valence-corrected chi connectivity index (χ1v) is 7.86. The molecule has 1 unspecified atom stereocenters. The van der Waals surface area contributed by atoms with E-state index in [-0.39, 0.29) is 6.10 Å². The van der Waals surface area contributed by atoms with E-state index in [9.17, 15) is 0 Å². The number of hydrogen-bond donors (Lipinski definition) is 1. The van der Waals surface area contributed by atoms with Crippen LogP contribution >= 0.6 is 23.2 Å². The number of ether oxygens (including phenoxy) is 1. The summed E-state index contributed by atoms with van der Waals surface area (Å²) in [5.41, 5.74) is 1.01. The number of halogens is 2. The first kappa shape index (κ1) is 15.7. The quantitative estimate of drug-likeness (QED) is 0.774. The average Bonchev–Trinajstić information content (AvgIpc) is 2.41. The third kappa shape index (κ3) is 4.41. The van der Waals surface area contributed by atoms with Gasteiger partial charge in [0.2, 0.25) is 0 Å². The van der Waals surface area contributed by atoms with Crippen LogP contribution in [0.4, 0.5) is 0 Å². The zero-order valence-corrected chi connectivity index (χ0v) is 13.5. The molecule has 0 saturated heterocycles. The minimum absolute atomic E-state index is 0.111. The second kappa shape index (κ2) is 7.35. The Balaban J connectivity index is 2.19. The van der Waals surface area contributed by atoms with Crippen LogP contribution in [0.15, 0.2) is 24.3 Å². The predicted octanol–water partition coefficient (Wildman–Crippen LogP) is 4.98. The summed E-state index contributed by atoms with van der Waals surface area (Å²) in [7, 11) is 0. The molecule has 0 fully saturated rings. The Morgan fingerprint density at radius 3 is 2.80 bits per heavy atom. The van der Waals surface area contributed by atoms with Gasteiger partial charge in [-0.15, -0.1) is 0 Å². The fourth-order valence-corrected chi connectivity index (χ4v) is 2.80. The fourth-order valence-electron chi connectivity index (χ4n) is 2.22. The number of nitrogens with one attached hydrogen (secondary N) is 1. The first-order valence-electron chi connectivity index (χ1n) is 7.11. The molecule has 0 spiro atoms. The van der Waals surface area contributed by atoms with E-state index in [1.807, 2.05) is 6.07 Å². The van der Waals surface area contributed by atoms with E-state index in [0.29, 0.717) is 22.6 Å². The SMILES string of the molecule is CC(C)NCc1cc(Cl)cc(Cl)c1OC1C=CCCC1. The van der Waals surface area contributed by atoms with Crippen LogP contribution in [0.1, 0.15) is 38.7 Å². The largest absolute Gasteiger partial charge is 0.484 e. The van der Waals surface area contributed by atoms with E-state index >= 15 is 0 Å². The molecular weight excluding hydrogens is 293 g/mol. The Hall–Kier alpha value is -0.700. The van der Waals surface area contributed by atoms with Gasteiger partial charge in [-0.05, 0) is 37.5 Å². The fraction of sp³-hybridized carbons (Fsp3) is 0.500. The van der Waals surface area contributed by atoms with Crippen LogP contribution < -0.4 is 10.1 Å². The van der Waals surface area contributed by atoms with Crippen molar-refractivity contribution in [2.45, 2.75) is 51.8 Å². The highest BCUT2D eigenvalue weighted by atomic mass is 35.5. The Bertz CT molecular complexity index is 486. The van der Waals surface area contributed by atoms with Crippen molar-refractivity contribution in [2.24, 2.45) is 0 Å². The summed E-state index contributed by atoms with van der Waals surface area (Å²) in [6.45, 7) is 4.91. The summed E-state index contributed by atoms with van der Waals surface area (Å²) < 4.78 is 6.09. The Morgan fingerprint density at radius 1 is 1.35 bits per heavy atom. The van der Waals surface area contributed by atoms with Gasteiger partial charge in [-0.1, -0.05) is 43.1 Å². The van der Waals surface area contributed by atoms with Gasteiger partial charge in [0.1, 0.15) is 11.9 Å². The molecule has 0 aromatic heterocycles. The first-order chi connectivity index (χ1) is 9.56. The van der Waals surface area contributed by atoms with Gasteiger partial charge in [0.15, 0.2) is 0 Å². The molecule has 0 saturated carbocycles. The number of benzene rings is 1. The van der Waals surface area contributed by atoms with E-state index in [1.54, 1.807) is 6.07 Å². The molecule has 1 aromatic carbocycles. The highest BCUT2D eigenvalue weighted by Gasteiger charge is 2.16. The standard InChI is InChI=1S/C16H21Cl2NO/c1-11(2)19-10-12-8-13(17)9-15(18)16(12)20-14-6-4-3-5-7-14/h4,6,8-9,11,14,19H,3,5,7,10H2,1-2H3. The summed E-state index contributed by atoms with van der Waals surface area (Å²) in [5, 5.41) is 4.60. The molecule has 0 bridgehead atoms. The lowest BCUT2D eigenvalue weighted by atomic mass is 10.1. The molecule has 1 atom stereocenters.